The van der Waals surface area contributed by atoms with Crippen LogP contribution in [0.1, 0.15) is 26.2 Å². The Balaban J connectivity index is 2.47. The van der Waals surface area contributed by atoms with E-state index in [0.717, 1.165) is 19.3 Å². The zero-order chi connectivity index (χ0) is 10.7. The number of nitrogens with zero attached hydrogens (tertiary/aromatic N) is 1. The van der Waals surface area contributed by atoms with Crippen LogP contribution in [0.3, 0.4) is 0 Å². The van der Waals surface area contributed by atoms with Crippen LogP contribution >= 0.6 is 0 Å². The van der Waals surface area contributed by atoms with Crippen molar-refractivity contribution in [3.05, 3.63) is 0 Å². The first-order valence-corrected chi connectivity index (χ1v) is 5.21. The van der Waals surface area contributed by atoms with Gasteiger partial charge in [-0.1, -0.05) is 6.42 Å². The first kappa shape index (κ1) is 11.5. The van der Waals surface area contributed by atoms with Gasteiger partial charge in [-0.25, -0.2) is 0 Å². The summed E-state index contributed by atoms with van der Waals surface area (Å²) >= 11 is 0. The van der Waals surface area contributed by atoms with Gasteiger partial charge in [0.15, 0.2) is 0 Å². The number of carbonyl (C=O) groups is 1. The van der Waals surface area contributed by atoms with Crippen LogP contribution in [0.2, 0.25) is 0 Å². The van der Waals surface area contributed by atoms with Gasteiger partial charge < -0.3 is 15.7 Å². The van der Waals surface area contributed by atoms with Gasteiger partial charge in [0.25, 0.3) is 0 Å². The third kappa shape index (κ3) is 2.69. The molecule has 1 rings (SSSR count). The molecular weight excluding hydrogens is 180 g/mol. The van der Waals surface area contributed by atoms with E-state index in [1.807, 2.05) is 0 Å². The van der Waals surface area contributed by atoms with Crippen LogP contribution in [-0.4, -0.2) is 41.7 Å². The van der Waals surface area contributed by atoms with Gasteiger partial charge in [-0.2, -0.15) is 0 Å². The van der Waals surface area contributed by atoms with Crippen LogP contribution in [0.5, 0.6) is 0 Å². The molecule has 14 heavy (non-hydrogen) atoms. The summed E-state index contributed by atoms with van der Waals surface area (Å²) in [6.45, 7) is 2.07. The van der Waals surface area contributed by atoms with Crippen molar-refractivity contribution in [1.82, 2.24) is 4.90 Å². The van der Waals surface area contributed by atoms with Gasteiger partial charge in [0, 0.05) is 19.6 Å². The lowest BCUT2D eigenvalue weighted by molar-refractivity contribution is -0.135. The molecule has 4 nitrogen and oxygen atoms in total. The predicted octanol–water partition coefficient (Wildman–Crippen LogP) is -0.0470. The van der Waals surface area contributed by atoms with Crippen LogP contribution in [-0.2, 0) is 4.79 Å². The smallest absolute Gasteiger partial charge is 0.227 e. The molecule has 0 spiro atoms. The van der Waals surface area contributed by atoms with Crippen molar-refractivity contribution in [3.63, 3.8) is 0 Å². The Morgan fingerprint density at radius 2 is 2.29 bits per heavy atom. The van der Waals surface area contributed by atoms with Crippen LogP contribution in [0, 0.1) is 5.92 Å². The average Bonchev–Trinajstić information content (AvgIpc) is 2.48. The SMILES string of the molecule is CC(O)CN(C)C(=O)C1CCCC1N. The first-order chi connectivity index (χ1) is 6.52. The predicted molar refractivity (Wildman–Crippen MR) is 54.6 cm³/mol. The third-order valence-electron chi connectivity index (χ3n) is 2.80. The summed E-state index contributed by atoms with van der Waals surface area (Å²) in [5, 5.41) is 9.16. The quantitative estimate of drug-likeness (QED) is 0.671. The van der Waals surface area contributed by atoms with E-state index in [4.69, 9.17) is 10.8 Å². The van der Waals surface area contributed by atoms with Crippen molar-refractivity contribution < 1.29 is 9.90 Å². The van der Waals surface area contributed by atoms with Crippen molar-refractivity contribution in [2.24, 2.45) is 11.7 Å². The number of aliphatic hydroxyl groups is 1. The number of rotatable bonds is 3. The molecule has 0 radical (unpaired) electrons. The number of hydrogen-bond acceptors (Lipinski definition) is 3. The van der Waals surface area contributed by atoms with E-state index in [2.05, 4.69) is 0 Å². The maximum Gasteiger partial charge on any atom is 0.227 e. The molecule has 1 fully saturated rings. The summed E-state index contributed by atoms with van der Waals surface area (Å²) in [5.41, 5.74) is 5.84. The Morgan fingerprint density at radius 3 is 2.71 bits per heavy atom. The summed E-state index contributed by atoms with van der Waals surface area (Å²) in [6.07, 6.45) is 2.41. The van der Waals surface area contributed by atoms with E-state index < -0.39 is 6.10 Å². The zero-order valence-electron chi connectivity index (χ0n) is 8.94. The van der Waals surface area contributed by atoms with Gasteiger partial charge >= 0.3 is 0 Å². The maximum atomic E-state index is 11.8. The lowest BCUT2D eigenvalue weighted by atomic mass is 10.0. The molecule has 0 bridgehead atoms. The van der Waals surface area contributed by atoms with Crippen molar-refractivity contribution in [2.75, 3.05) is 13.6 Å². The fourth-order valence-electron chi connectivity index (χ4n) is 2.06. The molecule has 0 heterocycles. The molecule has 0 aromatic carbocycles. The van der Waals surface area contributed by atoms with E-state index in [1.54, 1.807) is 18.9 Å². The molecule has 0 aliphatic heterocycles. The number of nitrogens with two attached hydrogens (primary N) is 1. The highest BCUT2D eigenvalue weighted by atomic mass is 16.3. The number of likely N-dealkylation sites (N-methyl/N-ethyl adjacent to an activating group) is 1. The van der Waals surface area contributed by atoms with E-state index in [1.165, 1.54) is 0 Å². The Morgan fingerprint density at radius 1 is 1.64 bits per heavy atom. The van der Waals surface area contributed by atoms with Crippen molar-refractivity contribution in [2.45, 2.75) is 38.3 Å². The Bertz CT molecular complexity index is 206. The fourth-order valence-corrected chi connectivity index (χ4v) is 2.06. The van der Waals surface area contributed by atoms with E-state index in [9.17, 15) is 4.79 Å². The number of aliphatic hydroxyl groups excluding tert-OH is 1. The molecule has 1 amide bonds. The van der Waals surface area contributed by atoms with Gasteiger partial charge in [0.1, 0.15) is 0 Å². The Labute approximate surface area is 85.1 Å². The van der Waals surface area contributed by atoms with E-state index >= 15 is 0 Å². The van der Waals surface area contributed by atoms with Crippen molar-refractivity contribution >= 4 is 5.91 Å². The monoisotopic (exact) mass is 200 g/mol. The van der Waals surface area contributed by atoms with Crippen LogP contribution in [0.25, 0.3) is 0 Å². The summed E-state index contributed by atoms with van der Waals surface area (Å²) in [5.74, 6) is 0.0506. The second-order valence-electron chi connectivity index (χ2n) is 4.27. The summed E-state index contributed by atoms with van der Waals surface area (Å²) in [4.78, 5) is 13.4. The molecule has 0 aromatic rings. The minimum Gasteiger partial charge on any atom is -0.392 e. The summed E-state index contributed by atoms with van der Waals surface area (Å²) in [6, 6.07) is 0.0129. The average molecular weight is 200 g/mol. The molecule has 1 saturated carbocycles. The van der Waals surface area contributed by atoms with Crippen LogP contribution < -0.4 is 5.73 Å². The number of amides is 1. The van der Waals surface area contributed by atoms with Gasteiger partial charge in [-0.3, -0.25) is 4.79 Å². The van der Waals surface area contributed by atoms with Gasteiger partial charge in [-0.15, -0.1) is 0 Å². The van der Waals surface area contributed by atoms with E-state index in [-0.39, 0.29) is 17.9 Å². The highest BCUT2D eigenvalue weighted by Crippen LogP contribution is 2.25. The molecule has 82 valence electrons. The largest absolute Gasteiger partial charge is 0.392 e. The Hall–Kier alpha value is -0.610. The third-order valence-corrected chi connectivity index (χ3v) is 2.80. The summed E-state index contributed by atoms with van der Waals surface area (Å²) in [7, 11) is 1.72. The molecular formula is C10H20N2O2. The van der Waals surface area contributed by atoms with Crippen LogP contribution in [0.15, 0.2) is 0 Å². The molecule has 3 unspecified atom stereocenters. The van der Waals surface area contributed by atoms with Gasteiger partial charge in [-0.05, 0) is 19.8 Å². The zero-order valence-corrected chi connectivity index (χ0v) is 8.94. The van der Waals surface area contributed by atoms with Crippen molar-refractivity contribution in [3.8, 4) is 0 Å². The lowest BCUT2D eigenvalue weighted by Crippen LogP contribution is -2.42. The molecule has 4 heteroatoms. The number of carbonyl (C=O) groups excluding carboxylic acids is 1. The van der Waals surface area contributed by atoms with Gasteiger partial charge in [0.2, 0.25) is 5.91 Å². The minimum absolute atomic E-state index is 0.0129. The maximum absolute atomic E-state index is 11.8. The highest BCUT2D eigenvalue weighted by Gasteiger charge is 2.32. The molecule has 1 aliphatic carbocycles. The van der Waals surface area contributed by atoms with Crippen LogP contribution in [0.4, 0.5) is 0 Å². The molecule has 1 aliphatic rings. The standard InChI is InChI=1S/C10H20N2O2/c1-7(13)6-12(2)10(14)8-4-3-5-9(8)11/h7-9,13H,3-6,11H2,1-2H3. The van der Waals surface area contributed by atoms with Crippen molar-refractivity contribution in [1.29, 1.82) is 0 Å². The topological polar surface area (TPSA) is 66.6 Å². The molecule has 3 atom stereocenters. The Kier molecular flexibility index (Phi) is 3.89. The lowest BCUT2D eigenvalue weighted by Gasteiger charge is -2.24. The minimum atomic E-state index is -0.471. The second kappa shape index (κ2) is 4.75. The van der Waals surface area contributed by atoms with E-state index in [0.29, 0.717) is 6.54 Å². The first-order valence-electron chi connectivity index (χ1n) is 5.21. The fraction of sp³-hybridized carbons (Fsp3) is 0.900. The summed E-state index contributed by atoms with van der Waals surface area (Å²) < 4.78 is 0. The highest BCUT2D eigenvalue weighted by molar-refractivity contribution is 5.79. The number of hydrogen-bond donors (Lipinski definition) is 2. The second-order valence-corrected chi connectivity index (χ2v) is 4.27. The molecule has 0 saturated heterocycles. The molecule has 0 aromatic heterocycles. The van der Waals surface area contributed by atoms with Gasteiger partial charge in [0.05, 0.1) is 12.0 Å². The molecule has 3 N–H and O–H groups in total. The normalized spacial score (nSPS) is 28.9.